The zero-order valence-electron chi connectivity index (χ0n) is 32.2. The third kappa shape index (κ3) is 8.43. The van der Waals surface area contributed by atoms with E-state index in [1.807, 2.05) is 19.1 Å². The van der Waals surface area contributed by atoms with Gasteiger partial charge in [0.25, 0.3) is 0 Å². The maximum Gasteiger partial charge on any atom is 0.107 e. The lowest BCUT2D eigenvalue weighted by Gasteiger charge is -2.32. The molecule has 0 saturated heterocycles. The highest BCUT2D eigenvalue weighted by molar-refractivity contribution is 6.04. The maximum atomic E-state index is 5.51. The van der Waals surface area contributed by atoms with Crippen molar-refractivity contribution in [3.05, 3.63) is 234 Å². The van der Waals surface area contributed by atoms with E-state index in [1.54, 1.807) is 0 Å². The topological polar surface area (TPSA) is 12.4 Å². The Balaban J connectivity index is 1.20. The van der Waals surface area contributed by atoms with E-state index >= 15 is 0 Å². The minimum atomic E-state index is -0.421. The predicted octanol–water partition coefficient (Wildman–Crippen LogP) is 14.5. The Kier molecular flexibility index (Phi) is 11.9. The average Bonchev–Trinajstić information content (AvgIpc) is 3.80. The molecule has 0 N–H and O–H groups in total. The fourth-order valence-electron chi connectivity index (χ4n) is 7.72. The van der Waals surface area contributed by atoms with Gasteiger partial charge in [-0.3, -0.25) is 4.99 Å². The SMILES string of the molecule is C\C=C/C=C\C=C\C(=C/Cc1ccccc1)c1ccc(-c2cccc3c(-c4ccc(C(CC)(N=C(C)c5ccccc5)C5=CC=CC5)cc4)cccc23)cc1. The summed E-state index contributed by atoms with van der Waals surface area (Å²) in [6, 6.07) is 52.8. The van der Waals surface area contributed by atoms with Crippen molar-refractivity contribution in [1.82, 2.24) is 0 Å². The summed E-state index contributed by atoms with van der Waals surface area (Å²) in [5.74, 6) is 0. The van der Waals surface area contributed by atoms with Gasteiger partial charge in [0.2, 0.25) is 0 Å². The second kappa shape index (κ2) is 17.7. The van der Waals surface area contributed by atoms with Crippen LogP contribution in [-0.2, 0) is 12.0 Å². The van der Waals surface area contributed by atoms with Crippen molar-refractivity contribution in [1.29, 1.82) is 0 Å². The summed E-state index contributed by atoms with van der Waals surface area (Å²) in [4.78, 5) is 5.51. The van der Waals surface area contributed by atoms with E-state index in [0.717, 1.165) is 30.5 Å². The summed E-state index contributed by atoms with van der Waals surface area (Å²) < 4.78 is 0. The quantitative estimate of drug-likeness (QED) is 0.0835. The molecule has 7 rings (SSSR count). The molecule has 0 amide bonds. The number of benzene rings is 6. The van der Waals surface area contributed by atoms with Gasteiger partial charge in [-0.2, -0.15) is 0 Å². The van der Waals surface area contributed by atoms with Gasteiger partial charge >= 0.3 is 0 Å². The molecule has 6 aromatic carbocycles. The first kappa shape index (κ1) is 37.0. The Morgan fingerprint density at radius 3 is 1.85 bits per heavy atom. The molecule has 0 fully saturated rings. The van der Waals surface area contributed by atoms with Gasteiger partial charge in [-0.05, 0) is 99.5 Å². The third-order valence-corrected chi connectivity index (χ3v) is 10.7. The molecule has 55 heavy (non-hydrogen) atoms. The maximum absolute atomic E-state index is 5.51. The molecule has 1 nitrogen and oxygen atoms in total. The molecule has 6 aromatic rings. The van der Waals surface area contributed by atoms with Crippen LogP contribution < -0.4 is 0 Å². The van der Waals surface area contributed by atoms with Crippen molar-refractivity contribution in [3.63, 3.8) is 0 Å². The van der Waals surface area contributed by atoms with E-state index in [2.05, 4.69) is 208 Å². The first-order valence-corrected chi connectivity index (χ1v) is 19.5. The van der Waals surface area contributed by atoms with E-state index in [4.69, 9.17) is 4.99 Å². The average molecular weight is 712 g/mol. The highest BCUT2D eigenvalue weighted by Gasteiger charge is 2.34. The molecule has 1 heteroatoms. The Labute approximate surface area is 327 Å². The lowest BCUT2D eigenvalue weighted by molar-refractivity contribution is 0.504. The fraction of sp³-hybridized carbons (Fsp3) is 0.130. The number of nitrogens with zero attached hydrogens (tertiary/aromatic N) is 1. The Morgan fingerprint density at radius 1 is 0.636 bits per heavy atom. The summed E-state index contributed by atoms with van der Waals surface area (Å²) >= 11 is 0. The first-order valence-electron chi connectivity index (χ1n) is 19.5. The van der Waals surface area contributed by atoms with E-state index in [-0.39, 0.29) is 0 Å². The van der Waals surface area contributed by atoms with Crippen LogP contribution in [0.25, 0.3) is 38.6 Å². The standard InChI is InChI=1S/C54H49N/c1-4-6-7-8-13-24-44(32-31-42-20-11-9-12-21-42)45-33-35-46(36-34-45)50-27-18-30-53-51(28-19-29-52(50)53)47-37-39-49(40-38-47)54(5-2,48-25-16-17-26-48)55-41(3)43-22-14-10-15-23-43/h4,6-25,27-30,32-40H,5,26,31H2,1-3H3/b6-4-,8-7-,24-13+,44-32+,55-41?. The molecule has 0 aromatic heterocycles. The van der Waals surface area contributed by atoms with Crippen molar-refractivity contribution in [2.75, 3.05) is 0 Å². The van der Waals surface area contributed by atoms with Crippen molar-refractivity contribution in [3.8, 4) is 22.3 Å². The summed E-state index contributed by atoms with van der Waals surface area (Å²) in [6.07, 6.45) is 24.2. The van der Waals surface area contributed by atoms with Crippen LogP contribution in [0.15, 0.2) is 217 Å². The molecule has 1 aliphatic carbocycles. The van der Waals surface area contributed by atoms with Crippen LogP contribution in [-0.4, -0.2) is 5.71 Å². The molecule has 0 bridgehead atoms. The number of hydrogen-bond acceptors (Lipinski definition) is 1. The van der Waals surface area contributed by atoms with Gasteiger partial charge in [-0.1, -0.05) is 213 Å². The molecule has 0 heterocycles. The zero-order valence-corrected chi connectivity index (χ0v) is 32.2. The van der Waals surface area contributed by atoms with E-state index in [0.29, 0.717) is 0 Å². The van der Waals surface area contributed by atoms with Gasteiger partial charge in [0.1, 0.15) is 5.54 Å². The number of allylic oxidation sites excluding steroid dienone is 11. The minimum absolute atomic E-state index is 0.421. The highest BCUT2D eigenvalue weighted by Crippen LogP contribution is 2.43. The van der Waals surface area contributed by atoms with Crippen LogP contribution in [0.2, 0.25) is 0 Å². The number of fused-ring (bicyclic) bond motifs is 1. The monoisotopic (exact) mass is 711 g/mol. The lowest BCUT2D eigenvalue weighted by atomic mass is 9.79. The summed E-state index contributed by atoms with van der Waals surface area (Å²) in [5, 5.41) is 2.50. The third-order valence-electron chi connectivity index (χ3n) is 10.7. The molecule has 0 aliphatic heterocycles. The molecule has 1 atom stereocenters. The van der Waals surface area contributed by atoms with E-state index in [1.165, 1.54) is 60.9 Å². The van der Waals surface area contributed by atoms with Gasteiger partial charge < -0.3 is 0 Å². The summed E-state index contributed by atoms with van der Waals surface area (Å²) in [6.45, 7) is 6.43. The van der Waals surface area contributed by atoms with Crippen LogP contribution in [0.3, 0.4) is 0 Å². The van der Waals surface area contributed by atoms with Crippen LogP contribution in [0.1, 0.15) is 55.9 Å². The molecule has 0 radical (unpaired) electrons. The van der Waals surface area contributed by atoms with Crippen LogP contribution >= 0.6 is 0 Å². The van der Waals surface area contributed by atoms with Crippen molar-refractivity contribution in [2.24, 2.45) is 4.99 Å². The smallest absolute Gasteiger partial charge is 0.107 e. The van der Waals surface area contributed by atoms with Crippen molar-refractivity contribution >= 4 is 22.1 Å². The summed E-state index contributed by atoms with van der Waals surface area (Å²) in [7, 11) is 0. The molecule has 0 saturated carbocycles. The fourth-order valence-corrected chi connectivity index (χ4v) is 7.72. The second-order valence-electron chi connectivity index (χ2n) is 14.1. The minimum Gasteiger partial charge on any atom is -0.274 e. The molecule has 270 valence electrons. The largest absolute Gasteiger partial charge is 0.274 e. The van der Waals surface area contributed by atoms with Crippen molar-refractivity contribution in [2.45, 2.75) is 45.6 Å². The van der Waals surface area contributed by atoms with Crippen LogP contribution in [0.5, 0.6) is 0 Å². The Bertz CT molecular complexity index is 2430. The van der Waals surface area contributed by atoms with Gasteiger partial charge in [0.15, 0.2) is 0 Å². The first-order chi connectivity index (χ1) is 27.1. The molecular formula is C54H49N. The summed E-state index contributed by atoms with van der Waals surface area (Å²) in [5.41, 5.74) is 13.0. The normalized spacial score (nSPS) is 14.7. The number of hydrogen-bond donors (Lipinski definition) is 0. The number of aliphatic imine (C=N–C) groups is 1. The van der Waals surface area contributed by atoms with Gasteiger partial charge in [-0.25, -0.2) is 0 Å². The van der Waals surface area contributed by atoms with Gasteiger partial charge in [-0.15, -0.1) is 0 Å². The Hall–Kier alpha value is -6.31. The van der Waals surface area contributed by atoms with Gasteiger partial charge in [0, 0.05) is 5.71 Å². The van der Waals surface area contributed by atoms with Crippen LogP contribution in [0, 0.1) is 0 Å². The van der Waals surface area contributed by atoms with Gasteiger partial charge in [0.05, 0.1) is 0 Å². The van der Waals surface area contributed by atoms with Crippen LogP contribution in [0.4, 0.5) is 0 Å². The molecule has 0 spiro atoms. The van der Waals surface area contributed by atoms with Crippen molar-refractivity contribution < 1.29 is 0 Å². The molecule has 1 unspecified atom stereocenters. The highest BCUT2D eigenvalue weighted by atomic mass is 14.9. The molecular weight excluding hydrogens is 663 g/mol. The predicted molar refractivity (Wildman–Crippen MR) is 238 cm³/mol. The molecule has 1 aliphatic rings. The lowest BCUT2D eigenvalue weighted by Crippen LogP contribution is -2.27. The van der Waals surface area contributed by atoms with E-state index in [9.17, 15) is 0 Å². The van der Waals surface area contributed by atoms with E-state index < -0.39 is 5.54 Å². The zero-order chi connectivity index (χ0) is 37.9. The Morgan fingerprint density at radius 2 is 1.25 bits per heavy atom. The second-order valence-corrected chi connectivity index (χ2v) is 14.1. The number of rotatable bonds is 13.